The van der Waals surface area contributed by atoms with Gasteiger partial charge in [-0.1, -0.05) is 110 Å². The van der Waals surface area contributed by atoms with Gasteiger partial charge in [-0.05, 0) is 63.7 Å². The topological polar surface area (TPSA) is 26.0 Å². The predicted molar refractivity (Wildman–Crippen MR) is 162 cm³/mol. The van der Waals surface area contributed by atoms with E-state index in [1.807, 2.05) is 12.3 Å². The fraction of sp³-hybridized carbons (Fsp3) is 0.0541. The molecule has 39 heavy (non-hydrogen) atoms. The van der Waals surface area contributed by atoms with E-state index in [1.165, 1.54) is 33.4 Å². The summed E-state index contributed by atoms with van der Waals surface area (Å²) in [4.78, 5) is 4.74. The molecule has 2 heteroatoms. The first-order valence-corrected chi connectivity index (χ1v) is 13.4. The third kappa shape index (κ3) is 4.30. The van der Waals surface area contributed by atoms with E-state index in [0.717, 1.165) is 33.2 Å². The maximum Gasteiger partial charge on any atom is 0.144 e. The van der Waals surface area contributed by atoms with Gasteiger partial charge in [-0.3, -0.25) is 4.98 Å². The summed E-state index contributed by atoms with van der Waals surface area (Å²) in [5.74, 6) is 0.277. The van der Waals surface area contributed by atoms with Crippen molar-refractivity contribution in [1.29, 1.82) is 0 Å². The van der Waals surface area contributed by atoms with Crippen LogP contribution in [0, 0.1) is 0 Å². The number of benzene rings is 5. The van der Waals surface area contributed by atoms with Crippen molar-refractivity contribution >= 4 is 21.9 Å². The Morgan fingerprint density at radius 1 is 0.538 bits per heavy atom. The molecule has 7 rings (SSSR count). The Balaban J connectivity index is 1.27. The van der Waals surface area contributed by atoms with Crippen LogP contribution in [0.5, 0.6) is 0 Å². The van der Waals surface area contributed by atoms with Gasteiger partial charge in [-0.25, -0.2) is 0 Å². The molecule has 0 aliphatic rings. The molecule has 0 saturated carbocycles. The van der Waals surface area contributed by atoms with Gasteiger partial charge in [0.25, 0.3) is 0 Å². The molecule has 0 aliphatic carbocycles. The lowest BCUT2D eigenvalue weighted by Crippen LogP contribution is -1.97. The molecule has 0 spiro atoms. The van der Waals surface area contributed by atoms with Crippen molar-refractivity contribution in [3.8, 4) is 33.5 Å². The molecule has 2 aromatic heterocycles. The lowest BCUT2D eigenvalue weighted by Gasteiger charge is -2.13. The van der Waals surface area contributed by atoms with E-state index in [0.29, 0.717) is 0 Å². The Morgan fingerprint density at radius 2 is 1.21 bits per heavy atom. The summed E-state index contributed by atoms with van der Waals surface area (Å²) >= 11 is 0. The van der Waals surface area contributed by atoms with Gasteiger partial charge in [0.2, 0.25) is 0 Å². The number of hydrogen-bond acceptors (Lipinski definition) is 2. The highest BCUT2D eigenvalue weighted by Gasteiger charge is 2.16. The number of nitrogens with zero attached hydrogens (tertiary/aromatic N) is 1. The van der Waals surface area contributed by atoms with Gasteiger partial charge in [0, 0.05) is 28.5 Å². The molecular formula is C37H27NO. The number of fused-ring (bicyclic) bond motifs is 3. The summed E-state index contributed by atoms with van der Waals surface area (Å²) in [6, 6.07) is 47.0. The molecule has 1 unspecified atom stereocenters. The number of aromatic nitrogens is 1. The molecule has 2 heterocycles. The first-order valence-electron chi connectivity index (χ1n) is 13.4. The van der Waals surface area contributed by atoms with Crippen LogP contribution in [-0.4, -0.2) is 4.98 Å². The molecule has 0 aliphatic heterocycles. The second-order valence-electron chi connectivity index (χ2n) is 10.0. The van der Waals surface area contributed by atoms with Crippen molar-refractivity contribution in [3.05, 3.63) is 151 Å². The van der Waals surface area contributed by atoms with Gasteiger partial charge in [-0.2, -0.15) is 0 Å². The summed E-state index contributed by atoms with van der Waals surface area (Å²) in [7, 11) is 0. The Labute approximate surface area is 228 Å². The summed E-state index contributed by atoms with van der Waals surface area (Å²) < 4.78 is 6.45. The number of furan rings is 1. The van der Waals surface area contributed by atoms with Crippen molar-refractivity contribution in [3.63, 3.8) is 0 Å². The van der Waals surface area contributed by atoms with Gasteiger partial charge in [-0.15, -0.1) is 0 Å². The Morgan fingerprint density at radius 3 is 1.97 bits per heavy atom. The van der Waals surface area contributed by atoms with E-state index in [2.05, 4.69) is 134 Å². The Hall–Kier alpha value is -4.95. The van der Waals surface area contributed by atoms with E-state index in [4.69, 9.17) is 9.40 Å². The molecule has 0 bridgehead atoms. The van der Waals surface area contributed by atoms with Crippen LogP contribution in [0.25, 0.3) is 55.4 Å². The molecule has 0 radical (unpaired) electrons. The zero-order valence-electron chi connectivity index (χ0n) is 21.7. The lowest BCUT2D eigenvalue weighted by atomic mass is 9.92. The van der Waals surface area contributed by atoms with Gasteiger partial charge < -0.3 is 4.42 Å². The van der Waals surface area contributed by atoms with Crippen molar-refractivity contribution in [2.45, 2.75) is 12.8 Å². The average molecular weight is 502 g/mol. The van der Waals surface area contributed by atoms with E-state index >= 15 is 0 Å². The zero-order valence-corrected chi connectivity index (χ0v) is 21.7. The third-order valence-corrected chi connectivity index (χ3v) is 7.68. The minimum atomic E-state index is 0.277. The van der Waals surface area contributed by atoms with Gasteiger partial charge >= 0.3 is 0 Å². The summed E-state index contributed by atoms with van der Waals surface area (Å²) in [6.45, 7) is 2.24. The largest absolute Gasteiger partial charge is 0.455 e. The highest BCUT2D eigenvalue weighted by molar-refractivity contribution is 6.10. The van der Waals surface area contributed by atoms with Crippen LogP contribution in [0.1, 0.15) is 24.0 Å². The van der Waals surface area contributed by atoms with Crippen LogP contribution in [0.4, 0.5) is 0 Å². The summed E-state index contributed by atoms with van der Waals surface area (Å²) in [5, 5.41) is 2.22. The van der Waals surface area contributed by atoms with Crippen molar-refractivity contribution in [2.24, 2.45) is 0 Å². The molecule has 7 aromatic rings. The molecule has 0 saturated heterocycles. The molecule has 0 amide bonds. The number of pyridine rings is 1. The minimum Gasteiger partial charge on any atom is -0.455 e. The van der Waals surface area contributed by atoms with Crippen molar-refractivity contribution < 1.29 is 4.42 Å². The van der Waals surface area contributed by atoms with Crippen molar-refractivity contribution in [2.75, 3.05) is 0 Å². The van der Waals surface area contributed by atoms with Crippen LogP contribution in [0.2, 0.25) is 0 Å². The van der Waals surface area contributed by atoms with Gasteiger partial charge in [0.15, 0.2) is 0 Å². The SMILES string of the molecule is CC(c1ccccc1)c1ccnc(-c2cccc3c2oc2ccc(-c4ccc(-c5ccccc5)cc4)cc23)c1. The molecule has 5 aromatic carbocycles. The molecule has 0 N–H and O–H groups in total. The fourth-order valence-corrected chi connectivity index (χ4v) is 5.46. The first kappa shape index (κ1) is 23.2. The zero-order chi connectivity index (χ0) is 26.2. The number of para-hydroxylation sites is 1. The van der Waals surface area contributed by atoms with Crippen LogP contribution in [0.15, 0.2) is 144 Å². The number of hydrogen-bond donors (Lipinski definition) is 0. The molecular weight excluding hydrogens is 474 g/mol. The minimum absolute atomic E-state index is 0.277. The van der Waals surface area contributed by atoms with Crippen LogP contribution >= 0.6 is 0 Å². The summed E-state index contributed by atoms with van der Waals surface area (Å²) in [5.41, 5.74) is 11.0. The molecule has 1 atom stereocenters. The predicted octanol–water partition coefficient (Wildman–Crippen LogP) is 10.1. The van der Waals surface area contributed by atoms with Gasteiger partial charge in [0.1, 0.15) is 11.2 Å². The summed E-state index contributed by atoms with van der Waals surface area (Å²) in [6.07, 6.45) is 1.91. The van der Waals surface area contributed by atoms with Crippen LogP contribution in [0.3, 0.4) is 0 Å². The third-order valence-electron chi connectivity index (χ3n) is 7.68. The fourth-order valence-electron chi connectivity index (χ4n) is 5.46. The highest BCUT2D eigenvalue weighted by atomic mass is 16.3. The van der Waals surface area contributed by atoms with Crippen molar-refractivity contribution in [1.82, 2.24) is 4.98 Å². The van der Waals surface area contributed by atoms with E-state index in [-0.39, 0.29) is 5.92 Å². The van der Waals surface area contributed by atoms with E-state index in [9.17, 15) is 0 Å². The van der Waals surface area contributed by atoms with E-state index in [1.54, 1.807) is 0 Å². The van der Waals surface area contributed by atoms with Crippen LogP contribution in [-0.2, 0) is 0 Å². The van der Waals surface area contributed by atoms with Crippen LogP contribution < -0.4 is 0 Å². The Kier molecular flexibility index (Phi) is 5.79. The average Bonchev–Trinajstić information content (AvgIpc) is 3.40. The maximum absolute atomic E-state index is 6.45. The smallest absolute Gasteiger partial charge is 0.144 e. The second-order valence-corrected chi connectivity index (χ2v) is 10.0. The number of rotatable bonds is 5. The van der Waals surface area contributed by atoms with Gasteiger partial charge in [0.05, 0.1) is 5.69 Å². The lowest BCUT2D eigenvalue weighted by molar-refractivity contribution is 0.670. The normalized spacial score (nSPS) is 12.1. The quantitative estimate of drug-likeness (QED) is 0.234. The molecule has 2 nitrogen and oxygen atoms in total. The second kappa shape index (κ2) is 9.74. The molecule has 186 valence electrons. The van der Waals surface area contributed by atoms with E-state index < -0.39 is 0 Å². The maximum atomic E-state index is 6.45. The highest BCUT2D eigenvalue weighted by Crippen LogP contribution is 2.38. The Bertz CT molecular complexity index is 1900. The monoisotopic (exact) mass is 501 g/mol. The molecule has 0 fully saturated rings. The standard InChI is InChI=1S/C37H27NO/c1-25(26-9-4-2-5-10-26)30-21-22-38-35(24-30)33-14-8-13-32-34-23-31(19-20-36(34)39-37(32)33)29-17-15-28(16-18-29)27-11-6-3-7-12-27/h2-25H,1H3. The first-order chi connectivity index (χ1) is 19.2.